The van der Waals surface area contributed by atoms with Crippen molar-refractivity contribution in [3.05, 3.63) is 53.1 Å². The van der Waals surface area contributed by atoms with Gasteiger partial charge in [0, 0.05) is 5.56 Å². The third-order valence-corrected chi connectivity index (χ3v) is 3.87. The molecule has 146 valence electrons. The Hall–Kier alpha value is -2.83. The SMILES string of the molecule is CCOc1cccc(COc2ccc(CC)cc2C)c1NC(=O)OC(F)F. The number of halogens is 2. The quantitative estimate of drug-likeness (QED) is 0.676. The number of benzene rings is 2. The average molecular weight is 379 g/mol. The molecule has 2 aromatic rings. The van der Waals surface area contributed by atoms with E-state index in [0.29, 0.717) is 23.7 Å². The summed E-state index contributed by atoms with van der Waals surface area (Å²) in [4.78, 5) is 11.6. The molecule has 5 nitrogen and oxygen atoms in total. The average Bonchev–Trinajstić information content (AvgIpc) is 2.62. The van der Waals surface area contributed by atoms with E-state index in [9.17, 15) is 13.6 Å². The third kappa shape index (κ3) is 5.84. The van der Waals surface area contributed by atoms with Gasteiger partial charge in [-0.25, -0.2) is 4.79 Å². The molecule has 0 atom stereocenters. The number of hydrogen-bond donors (Lipinski definition) is 1. The van der Waals surface area contributed by atoms with Crippen LogP contribution in [-0.2, 0) is 17.8 Å². The van der Waals surface area contributed by atoms with Crippen LogP contribution in [0.3, 0.4) is 0 Å². The largest absolute Gasteiger partial charge is 0.492 e. The summed E-state index contributed by atoms with van der Waals surface area (Å²) in [6.07, 6.45) is -0.334. The number of ether oxygens (including phenoxy) is 3. The van der Waals surface area contributed by atoms with Gasteiger partial charge in [0.05, 0.1) is 12.3 Å². The fourth-order valence-corrected chi connectivity index (χ4v) is 2.58. The van der Waals surface area contributed by atoms with Crippen molar-refractivity contribution >= 4 is 11.8 Å². The second-order valence-electron chi connectivity index (χ2n) is 5.76. The molecule has 0 fully saturated rings. The van der Waals surface area contributed by atoms with Crippen LogP contribution in [0.25, 0.3) is 0 Å². The van der Waals surface area contributed by atoms with Crippen molar-refractivity contribution in [1.82, 2.24) is 0 Å². The number of carbonyl (C=O) groups excluding carboxylic acids is 1. The van der Waals surface area contributed by atoms with E-state index in [0.717, 1.165) is 12.0 Å². The van der Waals surface area contributed by atoms with E-state index in [-0.39, 0.29) is 12.3 Å². The maximum atomic E-state index is 12.3. The first-order valence-corrected chi connectivity index (χ1v) is 8.67. The highest BCUT2D eigenvalue weighted by Gasteiger charge is 2.17. The number of carbonyl (C=O) groups is 1. The van der Waals surface area contributed by atoms with Crippen molar-refractivity contribution in [3.63, 3.8) is 0 Å². The molecule has 7 heteroatoms. The number of amides is 1. The van der Waals surface area contributed by atoms with Crippen molar-refractivity contribution in [2.45, 2.75) is 40.4 Å². The van der Waals surface area contributed by atoms with Crippen LogP contribution < -0.4 is 14.8 Å². The van der Waals surface area contributed by atoms with Gasteiger partial charge in [0.15, 0.2) is 0 Å². The van der Waals surface area contributed by atoms with E-state index >= 15 is 0 Å². The second-order valence-corrected chi connectivity index (χ2v) is 5.76. The van der Waals surface area contributed by atoms with Gasteiger partial charge in [-0.1, -0.05) is 31.2 Å². The second kappa shape index (κ2) is 9.75. The van der Waals surface area contributed by atoms with Crippen molar-refractivity contribution in [2.75, 3.05) is 11.9 Å². The van der Waals surface area contributed by atoms with Crippen molar-refractivity contribution in [1.29, 1.82) is 0 Å². The lowest BCUT2D eigenvalue weighted by atomic mass is 10.1. The monoisotopic (exact) mass is 379 g/mol. The van der Waals surface area contributed by atoms with E-state index in [2.05, 4.69) is 17.0 Å². The van der Waals surface area contributed by atoms with Crippen LogP contribution in [0.2, 0.25) is 0 Å². The summed E-state index contributed by atoms with van der Waals surface area (Å²) in [7, 11) is 0. The topological polar surface area (TPSA) is 56.8 Å². The summed E-state index contributed by atoms with van der Waals surface area (Å²) in [6, 6.07) is 11.0. The molecule has 1 N–H and O–H groups in total. The Morgan fingerprint density at radius 1 is 1.11 bits per heavy atom. The fourth-order valence-electron chi connectivity index (χ4n) is 2.58. The summed E-state index contributed by atoms with van der Waals surface area (Å²) in [6.45, 7) is 3.07. The molecule has 27 heavy (non-hydrogen) atoms. The molecule has 0 bridgehead atoms. The molecule has 0 radical (unpaired) electrons. The molecule has 1 amide bonds. The van der Waals surface area contributed by atoms with Gasteiger partial charge in [-0.3, -0.25) is 5.32 Å². The van der Waals surface area contributed by atoms with Gasteiger partial charge >= 0.3 is 12.7 Å². The normalized spacial score (nSPS) is 10.6. The van der Waals surface area contributed by atoms with Crippen molar-refractivity contribution in [2.24, 2.45) is 0 Å². The van der Waals surface area contributed by atoms with Gasteiger partial charge in [0.25, 0.3) is 0 Å². The van der Waals surface area contributed by atoms with Gasteiger partial charge in [-0.05, 0) is 43.5 Å². The minimum atomic E-state index is -3.20. The van der Waals surface area contributed by atoms with Crippen LogP contribution in [0.5, 0.6) is 11.5 Å². The Labute approximate surface area is 157 Å². The predicted molar refractivity (Wildman–Crippen MR) is 98.6 cm³/mol. The molecule has 0 aromatic heterocycles. The van der Waals surface area contributed by atoms with Crippen molar-refractivity contribution < 1.29 is 27.8 Å². The van der Waals surface area contributed by atoms with Crippen LogP contribution in [0.1, 0.15) is 30.5 Å². The van der Waals surface area contributed by atoms with Crippen LogP contribution in [-0.4, -0.2) is 19.3 Å². The van der Waals surface area contributed by atoms with E-state index in [1.807, 2.05) is 25.1 Å². The maximum absolute atomic E-state index is 12.3. The number of anilines is 1. The molecule has 0 unspecified atom stereocenters. The summed E-state index contributed by atoms with van der Waals surface area (Å²) in [5, 5.41) is 2.32. The number of hydrogen-bond acceptors (Lipinski definition) is 4. The molecule has 0 spiro atoms. The van der Waals surface area contributed by atoms with Gasteiger partial charge in [-0.15, -0.1) is 0 Å². The van der Waals surface area contributed by atoms with E-state index in [1.54, 1.807) is 25.1 Å². The van der Waals surface area contributed by atoms with Crippen LogP contribution in [0.4, 0.5) is 19.3 Å². The Balaban J connectivity index is 2.22. The molecule has 0 aliphatic rings. The van der Waals surface area contributed by atoms with Crippen LogP contribution >= 0.6 is 0 Å². The molecule has 0 aliphatic carbocycles. The lowest BCUT2D eigenvalue weighted by Gasteiger charge is -2.17. The number of nitrogens with one attached hydrogen (secondary N) is 1. The molecule has 0 aliphatic heterocycles. The van der Waals surface area contributed by atoms with Gasteiger partial charge in [0.1, 0.15) is 18.1 Å². The number of aryl methyl sites for hydroxylation is 2. The lowest BCUT2D eigenvalue weighted by molar-refractivity contribution is -0.0767. The number of para-hydroxylation sites is 1. The molecule has 0 saturated carbocycles. The standard InChI is InChI=1S/C20H23F2NO4/c1-4-14-9-10-16(13(3)11-14)26-12-15-7-6-8-17(25-5-2)18(15)23-20(24)27-19(21)22/h6-11,19H,4-5,12H2,1-3H3,(H,23,24). The Bertz CT molecular complexity index is 781. The van der Waals surface area contributed by atoms with E-state index in [4.69, 9.17) is 9.47 Å². The molecule has 2 rings (SSSR count). The Morgan fingerprint density at radius 3 is 2.52 bits per heavy atom. The summed E-state index contributed by atoms with van der Waals surface area (Å²) >= 11 is 0. The van der Waals surface area contributed by atoms with E-state index < -0.39 is 12.7 Å². The third-order valence-electron chi connectivity index (χ3n) is 3.87. The van der Waals surface area contributed by atoms with Gasteiger partial charge in [-0.2, -0.15) is 8.78 Å². The lowest BCUT2D eigenvalue weighted by Crippen LogP contribution is -2.18. The Morgan fingerprint density at radius 2 is 1.89 bits per heavy atom. The molecular weight excluding hydrogens is 356 g/mol. The highest BCUT2D eigenvalue weighted by Crippen LogP contribution is 2.31. The minimum Gasteiger partial charge on any atom is -0.492 e. The van der Waals surface area contributed by atoms with E-state index in [1.165, 1.54) is 5.56 Å². The smallest absolute Gasteiger partial charge is 0.416 e. The molecular formula is C20H23F2NO4. The first kappa shape index (κ1) is 20.5. The summed E-state index contributed by atoms with van der Waals surface area (Å²) in [5.74, 6) is 1.05. The molecule has 0 heterocycles. The zero-order valence-corrected chi connectivity index (χ0v) is 15.6. The number of rotatable bonds is 8. The van der Waals surface area contributed by atoms with Gasteiger partial charge in [0.2, 0.25) is 0 Å². The van der Waals surface area contributed by atoms with Crippen molar-refractivity contribution in [3.8, 4) is 11.5 Å². The summed E-state index contributed by atoms with van der Waals surface area (Å²) < 4.78 is 39.8. The molecule has 0 saturated heterocycles. The minimum absolute atomic E-state index is 0.123. The predicted octanol–water partition coefficient (Wildman–Crippen LogP) is 5.31. The Kier molecular flexibility index (Phi) is 7.40. The first-order chi connectivity index (χ1) is 12.9. The highest BCUT2D eigenvalue weighted by molar-refractivity contribution is 5.88. The van der Waals surface area contributed by atoms with Gasteiger partial charge < -0.3 is 14.2 Å². The number of alkyl halides is 2. The zero-order chi connectivity index (χ0) is 19.8. The summed E-state index contributed by atoms with van der Waals surface area (Å²) in [5.41, 5.74) is 3.01. The zero-order valence-electron chi connectivity index (χ0n) is 15.6. The van der Waals surface area contributed by atoms with Crippen LogP contribution in [0.15, 0.2) is 36.4 Å². The fraction of sp³-hybridized carbons (Fsp3) is 0.350. The molecule has 2 aromatic carbocycles. The highest BCUT2D eigenvalue weighted by atomic mass is 19.3. The van der Waals surface area contributed by atoms with Crippen LogP contribution in [0, 0.1) is 6.92 Å². The first-order valence-electron chi connectivity index (χ1n) is 8.67. The maximum Gasteiger partial charge on any atom is 0.416 e.